The van der Waals surface area contributed by atoms with Crippen LogP contribution in [0, 0.1) is 0 Å². The number of alkyl halides is 1. The van der Waals surface area contributed by atoms with Crippen molar-refractivity contribution in [1.82, 2.24) is 15.1 Å². The van der Waals surface area contributed by atoms with E-state index in [1.165, 1.54) is 34.9 Å². The van der Waals surface area contributed by atoms with E-state index >= 15 is 0 Å². The lowest BCUT2D eigenvalue weighted by Gasteiger charge is -2.16. The van der Waals surface area contributed by atoms with E-state index in [4.69, 9.17) is 0 Å². The van der Waals surface area contributed by atoms with E-state index in [9.17, 15) is 14.0 Å². The SMILES string of the molecule is CC(F)CCN1C(=O)C(CC(=O)NCCCN(C)C)SC1=Nc1ccsc1. The molecule has 1 saturated heterocycles. The van der Waals surface area contributed by atoms with Crippen LogP contribution in [0.1, 0.15) is 26.2 Å². The van der Waals surface area contributed by atoms with Gasteiger partial charge in [0.15, 0.2) is 5.17 Å². The fraction of sp³-hybridized carbons (Fsp3) is 0.611. The monoisotopic (exact) mass is 414 g/mol. The Morgan fingerprint density at radius 3 is 2.89 bits per heavy atom. The number of thioether (sulfide) groups is 1. The average Bonchev–Trinajstić information content (AvgIpc) is 3.19. The number of nitrogens with zero attached hydrogens (tertiary/aromatic N) is 3. The third kappa shape index (κ3) is 7.23. The first-order valence-corrected chi connectivity index (χ1v) is 10.8. The lowest BCUT2D eigenvalue weighted by atomic mass is 10.2. The number of amides is 2. The first-order chi connectivity index (χ1) is 12.9. The van der Waals surface area contributed by atoms with E-state index < -0.39 is 11.4 Å². The quantitative estimate of drug-likeness (QED) is 0.598. The average molecular weight is 415 g/mol. The molecule has 0 spiro atoms. The second-order valence-corrected chi connectivity index (χ2v) is 8.70. The highest BCUT2D eigenvalue weighted by atomic mass is 32.2. The molecule has 2 atom stereocenters. The molecule has 1 aromatic heterocycles. The molecular formula is C18H27FN4O2S2. The van der Waals surface area contributed by atoms with Crippen LogP contribution in [0.3, 0.4) is 0 Å². The normalized spacial score (nSPS) is 19.9. The number of aliphatic imine (C=N–C) groups is 1. The molecule has 1 fully saturated rings. The molecule has 2 rings (SSSR count). The molecule has 9 heteroatoms. The number of rotatable bonds is 10. The molecule has 0 aliphatic carbocycles. The lowest BCUT2D eigenvalue weighted by Crippen LogP contribution is -2.36. The first kappa shape index (κ1) is 21.8. The van der Waals surface area contributed by atoms with Gasteiger partial charge in [0.1, 0.15) is 5.25 Å². The van der Waals surface area contributed by atoms with Crippen molar-refractivity contribution in [1.29, 1.82) is 0 Å². The number of hydrogen-bond donors (Lipinski definition) is 1. The Labute approximate surface area is 168 Å². The van der Waals surface area contributed by atoms with Gasteiger partial charge in [-0.1, -0.05) is 11.8 Å². The lowest BCUT2D eigenvalue weighted by molar-refractivity contribution is -0.129. The molecular weight excluding hydrogens is 387 g/mol. The summed E-state index contributed by atoms with van der Waals surface area (Å²) in [4.78, 5) is 33.0. The highest BCUT2D eigenvalue weighted by molar-refractivity contribution is 8.15. The summed E-state index contributed by atoms with van der Waals surface area (Å²) >= 11 is 2.81. The minimum absolute atomic E-state index is 0.107. The molecule has 0 saturated carbocycles. The molecule has 0 bridgehead atoms. The molecule has 0 aromatic carbocycles. The van der Waals surface area contributed by atoms with Crippen molar-refractivity contribution in [2.24, 2.45) is 4.99 Å². The second-order valence-electron chi connectivity index (χ2n) is 6.75. The van der Waals surface area contributed by atoms with E-state index in [0.29, 0.717) is 11.7 Å². The van der Waals surface area contributed by atoms with E-state index in [1.54, 1.807) is 0 Å². The number of amidine groups is 1. The van der Waals surface area contributed by atoms with Crippen molar-refractivity contribution in [3.05, 3.63) is 16.8 Å². The molecule has 2 amide bonds. The van der Waals surface area contributed by atoms with Crippen molar-refractivity contribution in [3.8, 4) is 0 Å². The highest BCUT2D eigenvalue weighted by Gasteiger charge is 2.39. The van der Waals surface area contributed by atoms with Gasteiger partial charge in [0.05, 0.1) is 11.9 Å². The van der Waals surface area contributed by atoms with Crippen LogP contribution in [-0.2, 0) is 9.59 Å². The van der Waals surface area contributed by atoms with Crippen molar-refractivity contribution in [2.45, 2.75) is 37.6 Å². The molecule has 1 N–H and O–H groups in total. The van der Waals surface area contributed by atoms with Crippen LogP contribution in [-0.4, -0.2) is 71.9 Å². The predicted molar refractivity (Wildman–Crippen MR) is 110 cm³/mol. The number of nitrogens with one attached hydrogen (secondary N) is 1. The molecule has 2 heterocycles. The molecule has 2 unspecified atom stereocenters. The van der Waals surface area contributed by atoms with Crippen LogP contribution >= 0.6 is 23.1 Å². The van der Waals surface area contributed by atoms with Crippen LogP contribution in [0.2, 0.25) is 0 Å². The largest absolute Gasteiger partial charge is 0.356 e. The van der Waals surface area contributed by atoms with Crippen molar-refractivity contribution < 1.29 is 14.0 Å². The number of carbonyl (C=O) groups excluding carboxylic acids is 2. The van der Waals surface area contributed by atoms with Gasteiger partial charge in [0.2, 0.25) is 11.8 Å². The Morgan fingerprint density at radius 2 is 2.26 bits per heavy atom. The maximum atomic E-state index is 13.3. The summed E-state index contributed by atoms with van der Waals surface area (Å²) in [5.41, 5.74) is 0.766. The van der Waals surface area contributed by atoms with E-state index in [-0.39, 0.29) is 31.2 Å². The molecule has 27 heavy (non-hydrogen) atoms. The van der Waals surface area contributed by atoms with Crippen LogP contribution in [0.5, 0.6) is 0 Å². The minimum atomic E-state index is -0.996. The minimum Gasteiger partial charge on any atom is -0.356 e. The van der Waals surface area contributed by atoms with Gasteiger partial charge in [0, 0.05) is 24.9 Å². The molecule has 150 valence electrons. The van der Waals surface area contributed by atoms with Crippen LogP contribution < -0.4 is 5.32 Å². The number of hydrogen-bond acceptors (Lipinski definition) is 6. The predicted octanol–water partition coefficient (Wildman–Crippen LogP) is 2.89. The third-order valence-corrected chi connectivity index (χ3v) is 5.82. The number of thiophene rings is 1. The van der Waals surface area contributed by atoms with Gasteiger partial charge in [-0.25, -0.2) is 9.38 Å². The van der Waals surface area contributed by atoms with Gasteiger partial charge in [0.25, 0.3) is 0 Å². The summed E-state index contributed by atoms with van der Waals surface area (Å²) in [6, 6.07) is 1.86. The summed E-state index contributed by atoms with van der Waals surface area (Å²) in [6.45, 7) is 3.22. The standard InChI is InChI=1S/C18H27FN4O2S2/c1-13(19)5-9-23-17(25)15(11-16(24)20-7-4-8-22(2)3)27-18(23)21-14-6-10-26-12-14/h6,10,12-13,15H,4-5,7-9,11H2,1-3H3,(H,20,24). The van der Waals surface area contributed by atoms with Crippen molar-refractivity contribution >= 4 is 45.8 Å². The van der Waals surface area contributed by atoms with E-state index in [0.717, 1.165) is 18.7 Å². The molecule has 1 aliphatic rings. The fourth-order valence-electron chi connectivity index (χ4n) is 2.53. The Hall–Kier alpha value is -1.45. The van der Waals surface area contributed by atoms with Crippen LogP contribution in [0.15, 0.2) is 21.8 Å². The molecule has 1 aromatic rings. The van der Waals surface area contributed by atoms with Crippen molar-refractivity contribution in [3.63, 3.8) is 0 Å². The Morgan fingerprint density at radius 1 is 1.48 bits per heavy atom. The molecule has 1 aliphatic heterocycles. The summed E-state index contributed by atoms with van der Waals surface area (Å²) in [6.07, 6.45) is 0.216. The maximum Gasteiger partial charge on any atom is 0.242 e. The zero-order chi connectivity index (χ0) is 19.8. The van der Waals surface area contributed by atoms with Crippen molar-refractivity contribution in [2.75, 3.05) is 33.7 Å². The summed E-state index contributed by atoms with van der Waals surface area (Å²) in [7, 11) is 3.97. The van der Waals surface area contributed by atoms with Gasteiger partial charge in [-0.3, -0.25) is 14.5 Å². The first-order valence-electron chi connectivity index (χ1n) is 9.01. The highest BCUT2D eigenvalue weighted by Crippen LogP contribution is 2.32. The second kappa shape index (κ2) is 10.8. The topological polar surface area (TPSA) is 65.0 Å². The number of carbonyl (C=O) groups is 2. The van der Waals surface area contributed by atoms with Gasteiger partial charge in [-0.05, 0) is 51.9 Å². The fourth-order valence-corrected chi connectivity index (χ4v) is 4.28. The Balaban J connectivity index is 1.96. The zero-order valence-corrected chi connectivity index (χ0v) is 17.6. The summed E-state index contributed by atoms with van der Waals surface area (Å²) in [5.74, 6) is -0.312. The smallest absolute Gasteiger partial charge is 0.242 e. The van der Waals surface area contributed by atoms with E-state index in [1.807, 2.05) is 30.9 Å². The van der Waals surface area contributed by atoms with Gasteiger partial charge < -0.3 is 10.2 Å². The Bertz CT molecular complexity index is 650. The van der Waals surface area contributed by atoms with Gasteiger partial charge in [-0.2, -0.15) is 11.3 Å². The maximum absolute atomic E-state index is 13.3. The zero-order valence-electron chi connectivity index (χ0n) is 16.0. The van der Waals surface area contributed by atoms with Gasteiger partial charge in [-0.15, -0.1) is 0 Å². The molecule has 0 radical (unpaired) electrons. The van der Waals surface area contributed by atoms with Crippen LogP contribution in [0.25, 0.3) is 0 Å². The summed E-state index contributed by atoms with van der Waals surface area (Å²) < 4.78 is 13.3. The number of halogens is 1. The Kier molecular flexibility index (Phi) is 8.72. The van der Waals surface area contributed by atoms with E-state index in [2.05, 4.69) is 15.2 Å². The van der Waals surface area contributed by atoms with Gasteiger partial charge >= 0.3 is 0 Å². The molecule has 6 nitrogen and oxygen atoms in total. The summed E-state index contributed by atoms with van der Waals surface area (Å²) in [5, 5.41) is 6.70. The third-order valence-electron chi connectivity index (χ3n) is 3.98. The van der Waals surface area contributed by atoms with Crippen LogP contribution in [0.4, 0.5) is 10.1 Å².